The van der Waals surface area contributed by atoms with Crippen molar-refractivity contribution in [1.82, 2.24) is 23.7 Å². The number of nitrogens with one attached hydrogen (secondary N) is 1. The number of benzene rings is 2. The Labute approximate surface area is 244 Å². The number of primary amides is 1. The van der Waals surface area contributed by atoms with Crippen molar-refractivity contribution in [3.63, 3.8) is 0 Å². The molecule has 3 N–H and O–H groups in total. The van der Waals surface area contributed by atoms with Gasteiger partial charge in [0.25, 0.3) is 5.91 Å². The molecular weight excluding hydrogens is 554 g/mol. The lowest BCUT2D eigenvalue weighted by Crippen LogP contribution is -2.48. The first-order valence-electron chi connectivity index (χ1n) is 14.0. The Morgan fingerprint density at radius 2 is 1.76 bits per heavy atom. The average molecular weight is 588 g/mol. The van der Waals surface area contributed by atoms with Crippen LogP contribution in [0.3, 0.4) is 0 Å². The molecule has 12 heteroatoms. The number of hydrogen-bond donors (Lipinski definition) is 2. The van der Waals surface area contributed by atoms with E-state index in [1.165, 1.54) is 34.1 Å². The molecule has 0 bridgehead atoms. The van der Waals surface area contributed by atoms with Crippen molar-refractivity contribution in [2.75, 3.05) is 44.3 Å². The Bertz CT molecular complexity index is 1830. The van der Waals surface area contributed by atoms with Crippen molar-refractivity contribution in [3.8, 4) is 5.69 Å². The smallest absolute Gasteiger partial charge is 0.254 e. The van der Waals surface area contributed by atoms with E-state index in [-0.39, 0.29) is 10.9 Å². The summed E-state index contributed by atoms with van der Waals surface area (Å²) in [6.45, 7) is 3.35. The predicted octanol–water partition coefficient (Wildman–Crippen LogP) is 2.23. The number of nitrogens with two attached hydrogens (primary N) is 1. The lowest BCUT2D eigenvalue weighted by atomic mass is 10.1. The second kappa shape index (κ2) is 11.3. The fourth-order valence-electron chi connectivity index (χ4n) is 5.71. The highest BCUT2D eigenvalue weighted by molar-refractivity contribution is 7.88. The maximum atomic E-state index is 13.0. The first kappa shape index (κ1) is 28.0. The quantitative estimate of drug-likeness (QED) is 0.320. The summed E-state index contributed by atoms with van der Waals surface area (Å²) < 4.78 is 26.7. The second-order valence-electron chi connectivity index (χ2n) is 10.9. The van der Waals surface area contributed by atoms with Crippen LogP contribution in [-0.4, -0.2) is 77.0 Å². The number of aromatic nitrogens is 3. The van der Waals surface area contributed by atoms with Crippen LogP contribution in [0, 0.1) is 0 Å². The van der Waals surface area contributed by atoms with Gasteiger partial charge in [0.1, 0.15) is 5.56 Å². The number of aryl methyl sites for hydroxylation is 2. The van der Waals surface area contributed by atoms with Gasteiger partial charge in [-0.05, 0) is 66.6 Å². The number of carbonyl (C=O) groups is 1. The summed E-state index contributed by atoms with van der Waals surface area (Å²) in [6, 6.07) is 14.1. The van der Waals surface area contributed by atoms with Crippen LogP contribution >= 0.6 is 0 Å². The molecule has 218 valence electrons. The molecule has 2 aromatic heterocycles. The number of hydrogen-bond acceptors (Lipinski definition) is 8. The zero-order valence-electron chi connectivity index (χ0n) is 23.4. The molecule has 3 heterocycles. The maximum Gasteiger partial charge on any atom is 0.254 e. The molecule has 1 aliphatic carbocycles. The zero-order chi connectivity index (χ0) is 29.4. The standard InChI is InChI=1S/C30H33N7O4S/c1-42(40,41)36-15-13-35(14-16-36)12-11-20-5-8-23(9-6-20)33-30-32-18-25-27(38)26(28(31)39)19-37(29(25)34-30)24-10-7-21-3-2-4-22(21)17-24/h5-10,17-19H,2-4,11-16H2,1H3,(H2,31,39)(H,32,33,34). The molecule has 6 rings (SSSR count). The number of rotatable bonds is 8. The van der Waals surface area contributed by atoms with E-state index in [1.807, 2.05) is 30.3 Å². The van der Waals surface area contributed by atoms with Crippen LogP contribution in [0.2, 0.25) is 0 Å². The summed E-state index contributed by atoms with van der Waals surface area (Å²) in [5.41, 5.74) is 10.6. The van der Waals surface area contributed by atoms with E-state index in [1.54, 1.807) is 4.57 Å². The maximum absolute atomic E-state index is 13.0. The van der Waals surface area contributed by atoms with Gasteiger partial charge in [0.15, 0.2) is 5.65 Å². The summed E-state index contributed by atoms with van der Waals surface area (Å²) in [5, 5.41) is 3.44. The normalized spacial score (nSPS) is 16.0. The van der Waals surface area contributed by atoms with Gasteiger partial charge in [0.05, 0.1) is 11.6 Å². The molecule has 4 aromatic rings. The molecule has 0 radical (unpaired) electrons. The number of piperazine rings is 1. The van der Waals surface area contributed by atoms with Crippen molar-refractivity contribution in [2.45, 2.75) is 25.7 Å². The number of amides is 1. The van der Waals surface area contributed by atoms with Crippen molar-refractivity contribution in [1.29, 1.82) is 0 Å². The van der Waals surface area contributed by atoms with Crippen LogP contribution in [0.1, 0.15) is 33.5 Å². The molecular formula is C30H33N7O4S. The van der Waals surface area contributed by atoms with Crippen LogP contribution in [-0.2, 0) is 29.3 Å². The lowest BCUT2D eigenvalue weighted by molar-refractivity contribution is 0.0999. The lowest BCUT2D eigenvalue weighted by Gasteiger charge is -2.33. The summed E-state index contributed by atoms with van der Waals surface area (Å²) in [5.74, 6) is -0.476. The highest BCUT2D eigenvalue weighted by Crippen LogP contribution is 2.26. The van der Waals surface area contributed by atoms with Gasteiger partial charge in [-0.25, -0.2) is 13.4 Å². The third-order valence-electron chi connectivity index (χ3n) is 8.10. The van der Waals surface area contributed by atoms with Crippen LogP contribution in [0.15, 0.2) is 59.7 Å². The van der Waals surface area contributed by atoms with Crippen LogP contribution < -0.4 is 16.5 Å². The Balaban J connectivity index is 1.20. The summed E-state index contributed by atoms with van der Waals surface area (Å²) in [4.78, 5) is 36.4. The molecule has 1 amide bonds. The molecule has 1 fully saturated rings. The Kier molecular flexibility index (Phi) is 7.52. The van der Waals surface area contributed by atoms with E-state index in [2.05, 4.69) is 32.3 Å². The Morgan fingerprint density at radius 1 is 1.02 bits per heavy atom. The van der Waals surface area contributed by atoms with Crippen molar-refractivity contribution < 1.29 is 13.2 Å². The number of pyridine rings is 1. The van der Waals surface area contributed by atoms with Crippen LogP contribution in [0.25, 0.3) is 16.7 Å². The monoisotopic (exact) mass is 587 g/mol. The zero-order valence-corrected chi connectivity index (χ0v) is 24.2. The van der Waals surface area contributed by atoms with Gasteiger partial charge in [0, 0.05) is 56.5 Å². The largest absolute Gasteiger partial charge is 0.365 e. The third kappa shape index (κ3) is 5.78. The van der Waals surface area contributed by atoms with Gasteiger partial charge in [-0.1, -0.05) is 18.2 Å². The van der Waals surface area contributed by atoms with Gasteiger partial charge in [-0.3, -0.25) is 9.59 Å². The number of sulfonamides is 1. The van der Waals surface area contributed by atoms with E-state index in [0.29, 0.717) is 24.7 Å². The van der Waals surface area contributed by atoms with Gasteiger partial charge in [0.2, 0.25) is 21.4 Å². The van der Waals surface area contributed by atoms with Gasteiger partial charge < -0.3 is 20.5 Å². The molecule has 2 aromatic carbocycles. The number of fused-ring (bicyclic) bond motifs is 2. The number of anilines is 2. The van der Waals surface area contributed by atoms with Crippen molar-refractivity contribution in [2.24, 2.45) is 5.73 Å². The SMILES string of the molecule is CS(=O)(=O)N1CCN(CCc2ccc(Nc3ncc4c(=O)c(C(N)=O)cn(-c5ccc6c(c5)CCC6)c4n3)cc2)CC1. The molecule has 0 unspecified atom stereocenters. The minimum absolute atomic E-state index is 0.111. The molecule has 42 heavy (non-hydrogen) atoms. The topological polar surface area (TPSA) is 144 Å². The van der Waals surface area contributed by atoms with Gasteiger partial charge in [-0.15, -0.1) is 0 Å². The summed E-state index contributed by atoms with van der Waals surface area (Å²) in [6.07, 6.45) is 8.14. The van der Waals surface area contributed by atoms with Crippen molar-refractivity contribution in [3.05, 3.63) is 87.3 Å². The predicted molar refractivity (Wildman–Crippen MR) is 162 cm³/mol. The fourth-order valence-corrected chi connectivity index (χ4v) is 6.53. The van der Waals surface area contributed by atoms with Crippen molar-refractivity contribution >= 4 is 38.6 Å². The summed E-state index contributed by atoms with van der Waals surface area (Å²) >= 11 is 0. The molecule has 0 saturated carbocycles. The van der Waals surface area contributed by atoms with E-state index < -0.39 is 21.4 Å². The highest BCUT2D eigenvalue weighted by atomic mass is 32.2. The van der Waals surface area contributed by atoms with E-state index in [0.717, 1.165) is 62.3 Å². The van der Waals surface area contributed by atoms with Gasteiger partial charge >= 0.3 is 0 Å². The minimum Gasteiger partial charge on any atom is -0.365 e. The minimum atomic E-state index is -3.13. The molecule has 0 spiro atoms. The fraction of sp³-hybridized carbons (Fsp3) is 0.333. The molecule has 1 saturated heterocycles. The van der Waals surface area contributed by atoms with Gasteiger partial charge in [-0.2, -0.15) is 9.29 Å². The molecule has 0 atom stereocenters. The van der Waals surface area contributed by atoms with Crippen LogP contribution in [0.4, 0.5) is 11.6 Å². The second-order valence-corrected chi connectivity index (χ2v) is 12.9. The van der Waals surface area contributed by atoms with E-state index in [4.69, 9.17) is 5.73 Å². The Hall–Kier alpha value is -4.13. The first-order valence-corrected chi connectivity index (χ1v) is 15.9. The van der Waals surface area contributed by atoms with E-state index in [9.17, 15) is 18.0 Å². The number of nitrogens with zero attached hydrogens (tertiary/aromatic N) is 5. The molecule has 11 nitrogen and oxygen atoms in total. The van der Waals surface area contributed by atoms with E-state index >= 15 is 0 Å². The molecule has 1 aliphatic heterocycles. The molecule has 2 aliphatic rings. The Morgan fingerprint density at radius 3 is 2.48 bits per heavy atom. The number of carbonyl (C=O) groups excluding carboxylic acids is 1. The third-order valence-corrected chi connectivity index (χ3v) is 9.40. The first-order chi connectivity index (χ1) is 20.2. The summed E-state index contributed by atoms with van der Waals surface area (Å²) in [7, 11) is -3.13. The highest BCUT2D eigenvalue weighted by Gasteiger charge is 2.23. The van der Waals surface area contributed by atoms with Crippen LogP contribution in [0.5, 0.6) is 0 Å². The average Bonchev–Trinajstić information content (AvgIpc) is 3.45.